The van der Waals surface area contributed by atoms with Gasteiger partial charge in [-0.2, -0.15) is 0 Å². The molecular weight excluding hydrogens is 590 g/mol. The van der Waals surface area contributed by atoms with Gasteiger partial charge in [-0.3, -0.25) is 13.9 Å². The zero-order valence-electron chi connectivity index (χ0n) is 22.9. The molecule has 1 atom stereocenters. The lowest BCUT2D eigenvalue weighted by Crippen LogP contribution is -2.54. The van der Waals surface area contributed by atoms with Crippen LogP contribution in [0.2, 0.25) is 0 Å². The van der Waals surface area contributed by atoms with Crippen LogP contribution in [0, 0.1) is 6.92 Å². The van der Waals surface area contributed by atoms with Gasteiger partial charge >= 0.3 is 0 Å². The Morgan fingerprint density at radius 2 is 1.55 bits per heavy atom. The van der Waals surface area contributed by atoms with Crippen LogP contribution in [0.25, 0.3) is 0 Å². The Morgan fingerprint density at radius 1 is 0.925 bits per heavy atom. The van der Waals surface area contributed by atoms with Gasteiger partial charge in [-0.15, -0.1) is 0 Å². The molecule has 40 heavy (non-hydrogen) atoms. The van der Waals surface area contributed by atoms with Crippen molar-refractivity contribution in [1.29, 1.82) is 0 Å². The van der Waals surface area contributed by atoms with E-state index in [1.807, 2.05) is 61.5 Å². The van der Waals surface area contributed by atoms with E-state index in [9.17, 15) is 18.0 Å². The first kappa shape index (κ1) is 29.8. The maximum atomic E-state index is 14.2. The van der Waals surface area contributed by atoms with E-state index in [2.05, 4.69) is 21.2 Å². The largest absolute Gasteiger partial charge is 0.352 e. The first-order valence-electron chi connectivity index (χ1n) is 13.5. The highest BCUT2D eigenvalue weighted by molar-refractivity contribution is 9.10. The van der Waals surface area contributed by atoms with Gasteiger partial charge in [0, 0.05) is 23.5 Å². The lowest BCUT2D eigenvalue weighted by atomic mass is 10.0. The minimum atomic E-state index is -3.82. The van der Waals surface area contributed by atoms with E-state index in [0.29, 0.717) is 16.6 Å². The fourth-order valence-corrected chi connectivity index (χ4v) is 6.54. The number of sulfonamides is 1. The molecule has 1 N–H and O–H groups in total. The van der Waals surface area contributed by atoms with Crippen molar-refractivity contribution >= 4 is 43.5 Å². The van der Waals surface area contributed by atoms with Gasteiger partial charge < -0.3 is 10.2 Å². The first-order valence-corrected chi connectivity index (χ1v) is 16.2. The van der Waals surface area contributed by atoms with Gasteiger partial charge in [0.2, 0.25) is 21.8 Å². The van der Waals surface area contributed by atoms with Crippen LogP contribution in [0.3, 0.4) is 0 Å². The van der Waals surface area contributed by atoms with Gasteiger partial charge in [0.25, 0.3) is 0 Å². The number of halogens is 1. The van der Waals surface area contributed by atoms with Crippen LogP contribution in [0.4, 0.5) is 5.69 Å². The van der Waals surface area contributed by atoms with Crippen molar-refractivity contribution in [2.24, 2.45) is 0 Å². The van der Waals surface area contributed by atoms with Crippen molar-refractivity contribution in [3.05, 3.63) is 100 Å². The van der Waals surface area contributed by atoms with Gasteiger partial charge in [-0.1, -0.05) is 85.1 Å². The molecular formula is C31H36BrN3O4S. The highest BCUT2D eigenvalue weighted by Gasteiger charge is 2.34. The van der Waals surface area contributed by atoms with Crippen LogP contribution in [0.5, 0.6) is 0 Å². The number of amides is 2. The van der Waals surface area contributed by atoms with E-state index >= 15 is 0 Å². The summed E-state index contributed by atoms with van der Waals surface area (Å²) in [5.41, 5.74) is 3.22. The fourth-order valence-electron chi connectivity index (χ4n) is 5.06. The second-order valence-corrected chi connectivity index (χ2v) is 13.2. The van der Waals surface area contributed by atoms with Crippen LogP contribution >= 0.6 is 15.9 Å². The lowest BCUT2D eigenvalue weighted by molar-refractivity contribution is -0.140. The minimum absolute atomic E-state index is 0.0786. The van der Waals surface area contributed by atoms with Gasteiger partial charge in [-0.25, -0.2) is 8.42 Å². The Labute approximate surface area is 245 Å². The summed E-state index contributed by atoms with van der Waals surface area (Å²) in [4.78, 5) is 29.5. The molecule has 0 saturated heterocycles. The molecule has 2 amide bonds. The molecule has 7 nitrogen and oxygen atoms in total. The van der Waals surface area contributed by atoms with E-state index in [1.165, 1.54) is 4.90 Å². The second kappa shape index (κ2) is 13.5. The summed E-state index contributed by atoms with van der Waals surface area (Å²) in [6.45, 7) is 1.72. The van der Waals surface area contributed by atoms with E-state index in [1.54, 1.807) is 24.3 Å². The molecule has 3 aromatic rings. The van der Waals surface area contributed by atoms with Crippen LogP contribution in [0.1, 0.15) is 42.4 Å². The van der Waals surface area contributed by atoms with Crippen molar-refractivity contribution in [2.75, 3.05) is 17.1 Å². The number of hydrogen-bond donors (Lipinski definition) is 1. The number of aryl methyl sites for hydroxylation is 1. The topological polar surface area (TPSA) is 86.8 Å². The Balaban J connectivity index is 1.72. The molecule has 0 bridgehead atoms. The standard InChI is InChI=1S/C31H36BrN3O4S/c1-23-16-18-25(19-17-23)21-34(30(36)22-35(40(2,38)39)28-15-9-8-14-27(28)32)29(20-24-10-4-3-5-11-24)31(37)33-26-12-6-7-13-26/h3-5,8-11,14-19,26,29H,6-7,12-13,20-22H2,1-2H3,(H,33,37)/t29-/m0/s1. The molecule has 0 heterocycles. The number of nitrogens with zero attached hydrogens (tertiary/aromatic N) is 2. The molecule has 9 heteroatoms. The normalized spacial score (nSPS) is 14.5. The summed E-state index contributed by atoms with van der Waals surface area (Å²) in [5.74, 6) is -0.674. The predicted octanol–water partition coefficient (Wildman–Crippen LogP) is 5.22. The maximum absolute atomic E-state index is 14.2. The van der Waals surface area contributed by atoms with Crippen molar-refractivity contribution in [2.45, 2.75) is 57.7 Å². The Morgan fingerprint density at radius 3 is 2.17 bits per heavy atom. The van der Waals surface area contributed by atoms with Crippen LogP contribution in [0.15, 0.2) is 83.3 Å². The number of anilines is 1. The number of carbonyl (C=O) groups is 2. The molecule has 1 aliphatic rings. The fraction of sp³-hybridized carbons (Fsp3) is 0.355. The smallest absolute Gasteiger partial charge is 0.244 e. The highest BCUT2D eigenvalue weighted by Crippen LogP contribution is 2.28. The predicted molar refractivity (Wildman–Crippen MR) is 162 cm³/mol. The summed E-state index contributed by atoms with van der Waals surface area (Å²) >= 11 is 3.43. The molecule has 0 unspecified atom stereocenters. The molecule has 0 radical (unpaired) electrons. The van der Waals surface area contributed by atoms with Gasteiger partial charge in [-0.05, 0) is 59.0 Å². The number of benzene rings is 3. The van der Waals surface area contributed by atoms with Gasteiger partial charge in [0.05, 0.1) is 11.9 Å². The van der Waals surface area contributed by atoms with Crippen LogP contribution in [-0.2, 0) is 32.6 Å². The third-order valence-electron chi connectivity index (χ3n) is 7.25. The number of rotatable bonds is 11. The van der Waals surface area contributed by atoms with Crippen molar-refractivity contribution < 1.29 is 18.0 Å². The molecule has 4 rings (SSSR count). The quantitative estimate of drug-likeness (QED) is 0.316. The summed E-state index contributed by atoms with van der Waals surface area (Å²) < 4.78 is 27.5. The molecule has 1 fully saturated rings. The summed E-state index contributed by atoms with van der Waals surface area (Å²) in [6.07, 6.45) is 5.35. The lowest BCUT2D eigenvalue weighted by Gasteiger charge is -2.34. The number of hydrogen-bond acceptors (Lipinski definition) is 4. The zero-order valence-corrected chi connectivity index (χ0v) is 25.3. The summed E-state index contributed by atoms with van der Waals surface area (Å²) in [6, 6.07) is 23.5. The van der Waals surface area contributed by atoms with E-state index in [-0.39, 0.29) is 18.5 Å². The number of carbonyl (C=O) groups excluding carboxylic acids is 2. The molecule has 212 valence electrons. The average molecular weight is 627 g/mol. The summed E-state index contributed by atoms with van der Waals surface area (Å²) in [5, 5.41) is 3.18. The molecule has 1 aliphatic carbocycles. The van der Waals surface area contributed by atoms with Crippen molar-refractivity contribution in [3.63, 3.8) is 0 Å². The molecule has 0 spiro atoms. The highest BCUT2D eigenvalue weighted by atomic mass is 79.9. The molecule has 0 aliphatic heterocycles. The Hall–Kier alpha value is -3.17. The Bertz CT molecular complexity index is 1410. The zero-order chi connectivity index (χ0) is 28.7. The van der Waals surface area contributed by atoms with Gasteiger partial charge in [0.15, 0.2) is 0 Å². The Kier molecular flexibility index (Phi) is 10.0. The van der Waals surface area contributed by atoms with E-state index in [4.69, 9.17) is 0 Å². The van der Waals surface area contributed by atoms with Crippen LogP contribution < -0.4 is 9.62 Å². The second-order valence-electron chi connectivity index (χ2n) is 10.4. The third kappa shape index (κ3) is 7.95. The third-order valence-corrected chi connectivity index (χ3v) is 9.04. The molecule has 3 aromatic carbocycles. The average Bonchev–Trinajstić information content (AvgIpc) is 3.43. The van der Waals surface area contributed by atoms with E-state index < -0.39 is 28.5 Å². The number of para-hydroxylation sites is 1. The number of nitrogens with one attached hydrogen (secondary N) is 1. The van der Waals surface area contributed by atoms with Crippen molar-refractivity contribution in [3.8, 4) is 0 Å². The molecule has 0 aromatic heterocycles. The summed E-state index contributed by atoms with van der Waals surface area (Å²) in [7, 11) is -3.82. The van der Waals surface area contributed by atoms with Crippen molar-refractivity contribution in [1.82, 2.24) is 10.2 Å². The van der Waals surface area contributed by atoms with E-state index in [0.717, 1.165) is 52.9 Å². The van der Waals surface area contributed by atoms with Crippen LogP contribution in [-0.4, -0.2) is 50.0 Å². The monoisotopic (exact) mass is 625 g/mol. The minimum Gasteiger partial charge on any atom is -0.352 e. The maximum Gasteiger partial charge on any atom is 0.244 e. The molecule has 1 saturated carbocycles. The first-order chi connectivity index (χ1) is 19.1. The SMILES string of the molecule is Cc1ccc(CN(C(=O)CN(c2ccccc2Br)S(C)(=O)=O)[C@@H](Cc2ccccc2)C(=O)NC2CCCC2)cc1. The van der Waals surface area contributed by atoms with Gasteiger partial charge in [0.1, 0.15) is 12.6 Å².